The first kappa shape index (κ1) is 18.9. The monoisotopic (exact) mass is 387 g/mol. The van der Waals surface area contributed by atoms with Crippen molar-refractivity contribution in [2.75, 3.05) is 18.6 Å². The van der Waals surface area contributed by atoms with Crippen molar-refractivity contribution in [3.8, 4) is 17.2 Å². The summed E-state index contributed by atoms with van der Waals surface area (Å²) in [5.74, 6) is 2.16. The number of phenolic OH excluding ortho intramolecular Hbond substituents is 1. The number of nitrogens with zero attached hydrogens (tertiary/aromatic N) is 3. The third-order valence-electron chi connectivity index (χ3n) is 5.19. The highest BCUT2D eigenvalue weighted by atomic mass is 16.5. The molecule has 29 heavy (non-hydrogen) atoms. The number of ether oxygens (including phenoxy) is 1. The van der Waals surface area contributed by atoms with Gasteiger partial charge in [0.05, 0.1) is 12.4 Å². The minimum Gasteiger partial charge on any atom is -0.504 e. The van der Waals surface area contributed by atoms with Crippen LogP contribution in [0.25, 0.3) is 0 Å². The standard InChI is InChI=1S/C24H25N3O2/c1-24(2,22-12-7-13-23(25-22)27-15-14-26(3)17-27)18-8-6-9-19(16-18)29-21-11-5-4-10-20(21)28/h4-16,28H,17H2,1-3H3. The van der Waals surface area contributed by atoms with Crippen LogP contribution in [-0.2, 0) is 5.41 Å². The zero-order valence-electron chi connectivity index (χ0n) is 16.9. The predicted octanol–water partition coefficient (Wildman–Crippen LogP) is 5.09. The molecule has 0 unspecified atom stereocenters. The Morgan fingerprint density at radius 3 is 2.52 bits per heavy atom. The van der Waals surface area contributed by atoms with Crippen LogP contribution in [-0.4, -0.2) is 28.7 Å². The molecule has 0 fully saturated rings. The van der Waals surface area contributed by atoms with Gasteiger partial charge in [-0.25, -0.2) is 4.98 Å². The molecule has 1 aromatic heterocycles. The molecular weight excluding hydrogens is 362 g/mol. The average molecular weight is 387 g/mol. The van der Waals surface area contributed by atoms with E-state index in [0.717, 1.165) is 23.7 Å². The predicted molar refractivity (Wildman–Crippen MR) is 115 cm³/mol. The molecule has 0 saturated heterocycles. The number of anilines is 1. The van der Waals surface area contributed by atoms with E-state index >= 15 is 0 Å². The maximum absolute atomic E-state index is 9.98. The lowest BCUT2D eigenvalue weighted by Crippen LogP contribution is -2.25. The van der Waals surface area contributed by atoms with E-state index in [2.05, 4.69) is 35.8 Å². The van der Waals surface area contributed by atoms with Crippen LogP contribution in [0.3, 0.4) is 0 Å². The number of phenols is 1. The highest BCUT2D eigenvalue weighted by molar-refractivity contribution is 5.48. The van der Waals surface area contributed by atoms with Crippen LogP contribution in [0.5, 0.6) is 17.2 Å². The van der Waals surface area contributed by atoms with Crippen LogP contribution in [0, 0.1) is 0 Å². The summed E-state index contributed by atoms with van der Waals surface area (Å²) in [6.07, 6.45) is 4.08. The molecule has 0 bridgehead atoms. The molecule has 1 aliphatic rings. The summed E-state index contributed by atoms with van der Waals surface area (Å²) in [7, 11) is 2.04. The van der Waals surface area contributed by atoms with Crippen molar-refractivity contribution in [2.24, 2.45) is 0 Å². The van der Waals surface area contributed by atoms with Gasteiger partial charge in [0.25, 0.3) is 0 Å². The van der Waals surface area contributed by atoms with Gasteiger partial charge in [-0.3, -0.25) is 0 Å². The van der Waals surface area contributed by atoms with Gasteiger partial charge in [-0.1, -0.05) is 44.2 Å². The van der Waals surface area contributed by atoms with E-state index in [4.69, 9.17) is 9.72 Å². The largest absolute Gasteiger partial charge is 0.504 e. The van der Waals surface area contributed by atoms with Crippen molar-refractivity contribution in [1.29, 1.82) is 0 Å². The van der Waals surface area contributed by atoms with E-state index in [1.165, 1.54) is 0 Å². The molecule has 0 spiro atoms. The van der Waals surface area contributed by atoms with Crippen LogP contribution in [0.2, 0.25) is 0 Å². The first-order valence-corrected chi connectivity index (χ1v) is 9.62. The van der Waals surface area contributed by atoms with E-state index in [1.54, 1.807) is 18.2 Å². The Hall–Kier alpha value is -3.47. The Morgan fingerprint density at radius 1 is 0.966 bits per heavy atom. The number of benzene rings is 2. The Balaban J connectivity index is 1.62. The van der Waals surface area contributed by atoms with Gasteiger partial charge < -0.3 is 19.6 Å². The number of para-hydroxylation sites is 2. The quantitative estimate of drug-likeness (QED) is 0.661. The van der Waals surface area contributed by atoms with Gasteiger partial charge in [-0.2, -0.15) is 0 Å². The highest BCUT2D eigenvalue weighted by Crippen LogP contribution is 2.35. The summed E-state index contributed by atoms with van der Waals surface area (Å²) in [6, 6.07) is 21.0. The molecule has 0 atom stereocenters. The maximum Gasteiger partial charge on any atom is 0.169 e. The third kappa shape index (κ3) is 3.90. The van der Waals surface area contributed by atoms with Crippen LogP contribution in [0.1, 0.15) is 25.1 Å². The Kier molecular flexibility index (Phi) is 4.89. The zero-order chi connectivity index (χ0) is 20.4. The summed E-state index contributed by atoms with van der Waals surface area (Å²) in [5, 5.41) is 9.98. The molecule has 0 saturated carbocycles. The van der Waals surface area contributed by atoms with Crippen molar-refractivity contribution in [1.82, 2.24) is 9.88 Å². The van der Waals surface area contributed by atoms with Crippen LogP contribution < -0.4 is 9.64 Å². The van der Waals surface area contributed by atoms with E-state index in [9.17, 15) is 5.11 Å². The fourth-order valence-electron chi connectivity index (χ4n) is 3.38. The third-order valence-corrected chi connectivity index (χ3v) is 5.19. The first-order chi connectivity index (χ1) is 13.9. The zero-order valence-corrected chi connectivity index (χ0v) is 16.9. The highest BCUT2D eigenvalue weighted by Gasteiger charge is 2.26. The number of hydrogen-bond acceptors (Lipinski definition) is 5. The SMILES string of the molecule is CN1C=CN(c2cccc(C(C)(C)c3cccc(Oc4ccccc4O)c3)n2)C1. The molecule has 148 valence electrons. The fourth-order valence-corrected chi connectivity index (χ4v) is 3.38. The van der Waals surface area contributed by atoms with Gasteiger partial charge in [0.15, 0.2) is 11.5 Å². The van der Waals surface area contributed by atoms with Crippen LogP contribution in [0.4, 0.5) is 5.82 Å². The molecule has 3 aromatic rings. The number of aromatic nitrogens is 1. The maximum atomic E-state index is 9.98. The molecule has 2 heterocycles. The van der Waals surface area contributed by atoms with Crippen molar-refractivity contribution in [3.05, 3.63) is 90.4 Å². The lowest BCUT2D eigenvalue weighted by molar-refractivity contribution is 0.410. The molecule has 1 N–H and O–H groups in total. The summed E-state index contributed by atoms with van der Waals surface area (Å²) in [4.78, 5) is 9.16. The van der Waals surface area contributed by atoms with E-state index in [1.807, 2.05) is 55.8 Å². The molecule has 4 rings (SSSR count). The molecule has 1 aliphatic heterocycles. The Labute approximate surface area is 171 Å². The molecule has 5 nitrogen and oxygen atoms in total. The number of pyridine rings is 1. The summed E-state index contributed by atoms with van der Waals surface area (Å²) >= 11 is 0. The molecule has 0 aliphatic carbocycles. The Bertz CT molecular complexity index is 1050. The fraction of sp³-hybridized carbons (Fsp3) is 0.208. The summed E-state index contributed by atoms with van der Waals surface area (Å²) < 4.78 is 5.90. The van der Waals surface area contributed by atoms with Gasteiger partial charge in [0.1, 0.15) is 11.6 Å². The molecule has 0 amide bonds. The normalized spacial score (nSPS) is 13.8. The second-order valence-corrected chi connectivity index (χ2v) is 7.77. The minimum atomic E-state index is -0.316. The number of hydrogen-bond donors (Lipinski definition) is 1. The van der Waals surface area contributed by atoms with Crippen molar-refractivity contribution < 1.29 is 9.84 Å². The van der Waals surface area contributed by atoms with Crippen molar-refractivity contribution in [3.63, 3.8) is 0 Å². The van der Waals surface area contributed by atoms with Crippen LogP contribution in [0.15, 0.2) is 79.1 Å². The molecule has 0 radical (unpaired) electrons. The van der Waals surface area contributed by atoms with Crippen molar-refractivity contribution >= 4 is 5.82 Å². The molecule has 5 heteroatoms. The summed E-state index contributed by atoms with van der Waals surface area (Å²) in [6.45, 7) is 5.11. The van der Waals surface area contributed by atoms with Gasteiger partial charge in [0, 0.05) is 24.9 Å². The first-order valence-electron chi connectivity index (χ1n) is 9.62. The van der Waals surface area contributed by atoms with E-state index in [-0.39, 0.29) is 11.2 Å². The van der Waals surface area contributed by atoms with Crippen LogP contribution >= 0.6 is 0 Å². The van der Waals surface area contributed by atoms with E-state index < -0.39 is 0 Å². The second-order valence-electron chi connectivity index (χ2n) is 7.77. The number of aromatic hydroxyl groups is 1. The van der Waals surface area contributed by atoms with Gasteiger partial charge in [-0.15, -0.1) is 0 Å². The van der Waals surface area contributed by atoms with E-state index in [0.29, 0.717) is 11.5 Å². The van der Waals surface area contributed by atoms with Gasteiger partial charge in [0.2, 0.25) is 0 Å². The lowest BCUT2D eigenvalue weighted by Gasteiger charge is -2.27. The second kappa shape index (κ2) is 7.51. The number of rotatable bonds is 5. The topological polar surface area (TPSA) is 48.8 Å². The molecule has 2 aromatic carbocycles. The summed E-state index contributed by atoms with van der Waals surface area (Å²) in [5.41, 5.74) is 1.76. The lowest BCUT2D eigenvalue weighted by atomic mass is 9.81. The Morgan fingerprint density at radius 2 is 1.76 bits per heavy atom. The average Bonchev–Trinajstić information content (AvgIpc) is 3.16. The van der Waals surface area contributed by atoms with Gasteiger partial charge in [-0.05, 0) is 42.0 Å². The molecular formula is C24H25N3O2. The van der Waals surface area contributed by atoms with Crippen molar-refractivity contribution in [2.45, 2.75) is 19.3 Å². The van der Waals surface area contributed by atoms with Gasteiger partial charge >= 0.3 is 0 Å². The smallest absolute Gasteiger partial charge is 0.169 e. The minimum absolute atomic E-state index is 0.121.